The number of aromatic nitrogens is 2. The Kier molecular flexibility index (Phi) is 3.77. The zero-order valence-corrected chi connectivity index (χ0v) is 10.0. The monoisotopic (exact) mass is 249 g/mol. The van der Waals surface area contributed by atoms with Crippen molar-refractivity contribution in [2.45, 2.75) is 11.9 Å². The van der Waals surface area contributed by atoms with E-state index in [2.05, 4.69) is 15.5 Å². The standard InChI is InChI=1S/C11H11N3O2S/c1-2-17-10-6-5-9(13-14-10)12-11(15)8-4-3-7-16-8/h3-7H,2H2,1H3,(H,12,13,15). The number of nitrogens with zero attached hydrogens (tertiary/aromatic N) is 2. The number of furan rings is 1. The number of carbonyl (C=O) groups is 1. The molecule has 0 radical (unpaired) electrons. The van der Waals surface area contributed by atoms with Gasteiger partial charge in [0.05, 0.1) is 6.26 Å². The molecule has 2 heterocycles. The molecule has 88 valence electrons. The third-order valence-corrected chi connectivity index (χ3v) is 2.72. The minimum absolute atomic E-state index is 0.249. The van der Waals surface area contributed by atoms with Crippen LogP contribution in [0, 0.1) is 0 Å². The van der Waals surface area contributed by atoms with Crippen LogP contribution in [0.25, 0.3) is 0 Å². The third kappa shape index (κ3) is 3.07. The predicted octanol–water partition coefficient (Wildman–Crippen LogP) is 2.43. The first-order valence-electron chi connectivity index (χ1n) is 5.11. The lowest BCUT2D eigenvalue weighted by Crippen LogP contribution is -2.12. The molecule has 1 N–H and O–H groups in total. The summed E-state index contributed by atoms with van der Waals surface area (Å²) in [6.45, 7) is 2.04. The first-order valence-corrected chi connectivity index (χ1v) is 6.09. The van der Waals surface area contributed by atoms with Crippen LogP contribution in [0.4, 0.5) is 5.82 Å². The van der Waals surface area contributed by atoms with Crippen molar-refractivity contribution in [2.75, 3.05) is 11.1 Å². The Morgan fingerprint density at radius 3 is 2.88 bits per heavy atom. The van der Waals surface area contributed by atoms with Crippen molar-refractivity contribution in [1.29, 1.82) is 0 Å². The summed E-state index contributed by atoms with van der Waals surface area (Å²) in [5.41, 5.74) is 0. The van der Waals surface area contributed by atoms with Gasteiger partial charge in [-0.1, -0.05) is 6.92 Å². The lowest BCUT2D eigenvalue weighted by atomic mass is 10.4. The third-order valence-electron chi connectivity index (χ3n) is 1.92. The maximum absolute atomic E-state index is 11.6. The number of carbonyl (C=O) groups excluding carboxylic acids is 1. The fraction of sp³-hybridized carbons (Fsp3) is 0.182. The molecule has 0 unspecified atom stereocenters. The van der Waals surface area contributed by atoms with Crippen LogP contribution in [-0.2, 0) is 0 Å². The Morgan fingerprint density at radius 2 is 2.29 bits per heavy atom. The highest BCUT2D eigenvalue weighted by Gasteiger charge is 2.09. The molecule has 2 aromatic rings. The molecule has 0 atom stereocenters. The van der Waals surface area contributed by atoms with Crippen LogP contribution < -0.4 is 5.32 Å². The van der Waals surface area contributed by atoms with Crippen LogP contribution in [0.2, 0.25) is 0 Å². The predicted molar refractivity (Wildman–Crippen MR) is 65.1 cm³/mol. The van der Waals surface area contributed by atoms with Gasteiger partial charge in [0.1, 0.15) is 5.03 Å². The summed E-state index contributed by atoms with van der Waals surface area (Å²) in [7, 11) is 0. The molecular formula is C11H11N3O2S. The Balaban J connectivity index is 2.01. The van der Waals surface area contributed by atoms with Gasteiger partial charge in [-0.2, -0.15) is 0 Å². The van der Waals surface area contributed by atoms with Crippen molar-refractivity contribution < 1.29 is 9.21 Å². The van der Waals surface area contributed by atoms with E-state index in [1.807, 2.05) is 13.0 Å². The molecule has 0 spiro atoms. The summed E-state index contributed by atoms with van der Waals surface area (Å²) >= 11 is 1.60. The number of hydrogen-bond acceptors (Lipinski definition) is 5. The lowest BCUT2D eigenvalue weighted by Gasteiger charge is -2.01. The molecule has 0 aliphatic carbocycles. The smallest absolute Gasteiger partial charge is 0.292 e. The maximum atomic E-state index is 11.6. The van der Waals surface area contributed by atoms with Crippen LogP contribution in [0.15, 0.2) is 40.0 Å². The number of rotatable bonds is 4. The van der Waals surface area contributed by atoms with Crippen LogP contribution in [0.3, 0.4) is 0 Å². The first-order chi connectivity index (χ1) is 8.29. The number of thioether (sulfide) groups is 1. The summed E-state index contributed by atoms with van der Waals surface area (Å²) in [5.74, 6) is 1.26. The van der Waals surface area contributed by atoms with Crippen molar-refractivity contribution in [2.24, 2.45) is 0 Å². The van der Waals surface area contributed by atoms with Gasteiger partial charge < -0.3 is 9.73 Å². The molecule has 0 fully saturated rings. The highest BCUT2D eigenvalue weighted by atomic mass is 32.2. The fourth-order valence-electron chi connectivity index (χ4n) is 1.20. The van der Waals surface area contributed by atoms with Crippen molar-refractivity contribution in [3.63, 3.8) is 0 Å². The Labute approximate surface area is 103 Å². The number of anilines is 1. The number of amides is 1. The maximum Gasteiger partial charge on any atom is 0.292 e. The molecule has 0 bridgehead atoms. The second-order valence-corrected chi connectivity index (χ2v) is 4.41. The average Bonchev–Trinajstić information content (AvgIpc) is 2.86. The molecule has 2 aromatic heterocycles. The highest BCUT2D eigenvalue weighted by molar-refractivity contribution is 7.99. The van der Waals surface area contributed by atoms with E-state index >= 15 is 0 Å². The second kappa shape index (κ2) is 5.49. The largest absolute Gasteiger partial charge is 0.459 e. The second-order valence-electron chi connectivity index (χ2n) is 3.12. The first kappa shape index (κ1) is 11.7. The van der Waals surface area contributed by atoms with E-state index in [0.29, 0.717) is 5.82 Å². The quantitative estimate of drug-likeness (QED) is 0.843. The molecule has 6 heteroatoms. The summed E-state index contributed by atoms with van der Waals surface area (Å²) in [5, 5.41) is 11.3. The molecule has 0 saturated carbocycles. The molecule has 0 aliphatic rings. The van der Waals surface area contributed by atoms with E-state index in [9.17, 15) is 4.79 Å². The Bertz CT molecular complexity index is 482. The van der Waals surface area contributed by atoms with Crippen molar-refractivity contribution in [3.05, 3.63) is 36.3 Å². The van der Waals surface area contributed by atoms with Crippen LogP contribution in [-0.4, -0.2) is 21.9 Å². The van der Waals surface area contributed by atoms with E-state index in [4.69, 9.17) is 4.42 Å². The average molecular weight is 249 g/mol. The van der Waals surface area contributed by atoms with Gasteiger partial charge in [0, 0.05) is 0 Å². The minimum atomic E-state index is -0.333. The van der Waals surface area contributed by atoms with E-state index in [0.717, 1.165) is 10.8 Å². The molecule has 5 nitrogen and oxygen atoms in total. The summed E-state index contributed by atoms with van der Waals surface area (Å²) in [4.78, 5) is 11.6. The van der Waals surface area contributed by atoms with E-state index in [1.165, 1.54) is 6.26 Å². The van der Waals surface area contributed by atoms with Gasteiger partial charge in [0.25, 0.3) is 5.91 Å². The highest BCUT2D eigenvalue weighted by Crippen LogP contribution is 2.14. The van der Waals surface area contributed by atoms with E-state index in [1.54, 1.807) is 30.0 Å². The lowest BCUT2D eigenvalue weighted by molar-refractivity contribution is 0.0996. The van der Waals surface area contributed by atoms with Crippen molar-refractivity contribution >= 4 is 23.5 Å². The van der Waals surface area contributed by atoms with Crippen LogP contribution in [0.5, 0.6) is 0 Å². The molecule has 0 aliphatic heterocycles. The molecule has 1 amide bonds. The normalized spacial score (nSPS) is 10.2. The molecule has 17 heavy (non-hydrogen) atoms. The topological polar surface area (TPSA) is 68.0 Å². The van der Waals surface area contributed by atoms with Gasteiger partial charge in [0.2, 0.25) is 0 Å². The van der Waals surface area contributed by atoms with Gasteiger partial charge in [-0.25, -0.2) is 0 Å². The van der Waals surface area contributed by atoms with E-state index < -0.39 is 0 Å². The summed E-state index contributed by atoms with van der Waals surface area (Å²) < 4.78 is 4.97. The number of hydrogen-bond donors (Lipinski definition) is 1. The van der Waals surface area contributed by atoms with Gasteiger partial charge in [0.15, 0.2) is 11.6 Å². The van der Waals surface area contributed by atoms with Gasteiger partial charge in [-0.3, -0.25) is 4.79 Å². The van der Waals surface area contributed by atoms with Gasteiger partial charge >= 0.3 is 0 Å². The SMILES string of the molecule is CCSc1ccc(NC(=O)c2ccco2)nn1. The van der Waals surface area contributed by atoms with Crippen molar-refractivity contribution in [1.82, 2.24) is 10.2 Å². The zero-order chi connectivity index (χ0) is 12.1. The summed E-state index contributed by atoms with van der Waals surface area (Å²) in [6.07, 6.45) is 1.45. The molecular weight excluding hydrogens is 238 g/mol. The Hall–Kier alpha value is -1.82. The molecule has 0 aromatic carbocycles. The van der Waals surface area contributed by atoms with Crippen molar-refractivity contribution in [3.8, 4) is 0 Å². The zero-order valence-electron chi connectivity index (χ0n) is 9.21. The van der Waals surface area contributed by atoms with E-state index in [-0.39, 0.29) is 11.7 Å². The fourth-order valence-corrected chi connectivity index (χ4v) is 1.76. The minimum Gasteiger partial charge on any atom is -0.459 e. The van der Waals surface area contributed by atoms with Crippen LogP contribution in [0.1, 0.15) is 17.5 Å². The summed E-state index contributed by atoms with van der Waals surface area (Å²) in [6, 6.07) is 6.77. The Morgan fingerprint density at radius 1 is 1.41 bits per heavy atom. The number of nitrogens with one attached hydrogen (secondary N) is 1. The van der Waals surface area contributed by atoms with Gasteiger partial charge in [-0.15, -0.1) is 22.0 Å². The van der Waals surface area contributed by atoms with Gasteiger partial charge in [-0.05, 0) is 30.0 Å². The molecule has 2 rings (SSSR count). The van der Waals surface area contributed by atoms with Crippen LogP contribution >= 0.6 is 11.8 Å². The molecule has 0 saturated heterocycles.